The van der Waals surface area contributed by atoms with Crippen LogP contribution in [0.4, 0.5) is 4.39 Å². The van der Waals surface area contributed by atoms with E-state index >= 15 is 0 Å². The first-order valence-electron chi connectivity index (χ1n) is 9.45. The number of amides is 1. The number of aliphatic hydroxyl groups is 1. The number of hydrogen-bond acceptors (Lipinski definition) is 5. The molecule has 0 bridgehead atoms. The van der Waals surface area contributed by atoms with Crippen LogP contribution in [0.2, 0.25) is 0 Å². The summed E-state index contributed by atoms with van der Waals surface area (Å²) in [5.41, 5.74) is -1.04. The minimum absolute atomic E-state index is 0.0156. The topological polar surface area (TPSA) is 124 Å². The summed E-state index contributed by atoms with van der Waals surface area (Å²) in [7, 11) is 1.51. The maximum absolute atomic E-state index is 14.0. The van der Waals surface area contributed by atoms with Crippen LogP contribution in [0, 0.1) is 11.2 Å². The predicted molar refractivity (Wildman–Crippen MR) is 108 cm³/mol. The van der Waals surface area contributed by atoms with E-state index in [1.165, 1.54) is 30.2 Å². The van der Waals surface area contributed by atoms with E-state index in [4.69, 9.17) is 14.6 Å². The molecule has 0 saturated carbocycles. The molecule has 1 aliphatic heterocycles. The van der Waals surface area contributed by atoms with Gasteiger partial charge in [-0.05, 0) is 42.7 Å². The lowest BCUT2D eigenvalue weighted by molar-refractivity contribution is -0.161. The molecule has 1 aliphatic rings. The van der Waals surface area contributed by atoms with E-state index in [0.29, 0.717) is 11.3 Å². The predicted octanol–water partition coefficient (Wildman–Crippen LogP) is 2.06. The first kappa shape index (κ1) is 23.8. The number of carboxylic acid groups (broad SMARTS) is 2. The number of benzene rings is 2. The van der Waals surface area contributed by atoms with Crippen LogP contribution in [0.3, 0.4) is 0 Å². The number of nitrogens with zero attached hydrogens (tertiary/aromatic N) is 1. The lowest BCUT2D eigenvalue weighted by atomic mass is 9.72. The molecule has 166 valence electrons. The molecule has 1 heterocycles. The fourth-order valence-electron chi connectivity index (χ4n) is 3.66. The Balaban J connectivity index is 0.00000107. The number of rotatable bonds is 5. The number of aliphatic hydroxyl groups excluding tert-OH is 1. The number of methoxy groups -OCH3 is 1. The average Bonchev–Trinajstić information content (AvgIpc) is 2.75. The summed E-state index contributed by atoms with van der Waals surface area (Å²) in [6.07, 6.45) is -1.03. The monoisotopic (exact) mass is 433 g/mol. The lowest BCUT2D eigenvalue weighted by Crippen LogP contribution is -2.58. The molecule has 1 saturated heterocycles. The Morgan fingerprint density at radius 3 is 2.55 bits per heavy atom. The summed E-state index contributed by atoms with van der Waals surface area (Å²) in [4.78, 5) is 34.7. The first-order chi connectivity index (χ1) is 14.8. The maximum Gasteiger partial charge on any atom is 0.314 e. The fourth-order valence-corrected chi connectivity index (χ4v) is 3.66. The molecule has 0 aromatic heterocycles. The van der Waals surface area contributed by atoms with Crippen molar-refractivity contribution in [1.82, 2.24) is 4.90 Å². The van der Waals surface area contributed by atoms with Crippen LogP contribution < -0.4 is 4.74 Å². The number of likely N-dealkylation sites (tertiary alicyclic amines) is 1. The zero-order chi connectivity index (χ0) is 23.0. The lowest BCUT2D eigenvalue weighted by Gasteiger charge is -2.43. The zero-order valence-electron chi connectivity index (χ0n) is 16.9. The second-order valence-electron chi connectivity index (χ2n) is 7.11. The molecule has 2 aromatic rings. The van der Waals surface area contributed by atoms with Crippen LogP contribution in [-0.4, -0.2) is 64.9 Å². The maximum atomic E-state index is 14.0. The van der Waals surface area contributed by atoms with Crippen molar-refractivity contribution in [1.29, 1.82) is 0 Å². The Hall–Kier alpha value is -3.46. The molecule has 9 heteroatoms. The largest absolute Gasteiger partial charge is 0.497 e. The van der Waals surface area contributed by atoms with Crippen molar-refractivity contribution >= 4 is 18.3 Å². The van der Waals surface area contributed by atoms with Crippen molar-refractivity contribution in [2.24, 2.45) is 5.41 Å². The summed E-state index contributed by atoms with van der Waals surface area (Å²) in [5, 5.41) is 27.4. The Labute approximate surface area is 178 Å². The number of piperidine rings is 1. The van der Waals surface area contributed by atoms with Gasteiger partial charge >= 0.3 is 5.97 Å². The Morgan fingerprint density at radius 1 is 1.26 bits per heavy atom. The first-order valence-corrected chi connectivity index (χ1v) is 9.45. The highest BCUT2D eigenvalue weighted by atomic mass is 19.1. The fraction of sp³-hybridized carbons (Fsp3) is 0.318. The van der Waals surface area contributed by atoms with Gasteiger partial charge in [-0.25, -0.2) is 4.39 Å². The summed E-state index contributed by atoms with van der Waals surface area (Å²) in [6.45, 7) is -0.310. The Morgan fingerprint density at radius 2 is 1.94 bits per heavy atom. The highest BCUT2D eigenvalue weighted by molar-refractivity contribution is 5.95. The van der Waals surface area contributed by atoms with E-state index in [2.05, 4.69) is 0 Å². The van der Waals surface area contributed by atoms with Crippen molar-refractivity contribution in [2.45, 2.75) is 18.9 Å². The van der Waals surface area contributed by atoms with Gasteiger partial charge in [0.05, 0.1) is 18.8 Å². The van der Waals surface area contributed by atoms with Crippen molar-refractivity contribution in [3.8, 4) is 5.75 Å². The molecule has 2 atom stereocenters. The molecule has 0 unspecified atom stereocenters. The number of carbonyl (C=O) groups excluding carboxylic acids is 1. The normalized spacial score (nSPS) is 20.2. The number of hydrogen-bond donors (Lipinski definition) is 3. The number of halogens is 1. The van der Waals surface area contributed by atoms with Gasteiger partial charge in [-0.1, -0.05) is 24.3 Å². The molecule has 2 aromatic carbocycles. The molecular weight excluding hydrogens is 409 g/mol. The van der Waals surface area contributed by atoms with Crippen LogP contribution in [0.1, 0.15) is 22.3 Å². The van der Waals surface area contributed by atoms with Crippen molar-refractivity contribution in [3.05, 3.63) is 65.5 Å². The minimum Gasteiger partial charge on any atom is -0.497 e. The van der Waals surface area contributed by atoms with Crippen LogP contribution in [0.25, 0.3) is 0 Å². The number of carbonyl (C=O) groups is 3. The van der Waals surface area contributed by atoms with E-state index in [9.17, 15) is 24.2 Å². The van der Waals surface area contributed by atoms with E-state index in [0.717, 1.165) is 0 Å². The average molecular weight is 433 g/mol. The summed E-state index contributed by atoms with van der Waals surface area (Å²) in [5.74, 6) is -1.87. The van der Waals surface area contributed by atoms with Crippen LogP contribution in [-0.2, 0) is 16.0 Å². The van der Waals surface area contributed by atoms with Gasteiger partial charge in [0.15, 0.2) is 0 Å². The SMILES string of the molecule is COc1cccc(C[C@@]2(C(=O)O)CN(C(=O)c3ccccc3F)CC[C@@H]2O)c1.O=CO. The van der Waals surface area contributed by atoms with Crippen molar-refractivity contribution < 1.29 is 38.8 Å². The standard InChI is InChI=1S/C21H22FNO5.CH2O2/c1-28-15-6-4-5-14(11-15)12-21(20(26)27)13-23(10-9-18(21)24)19(25)16-7-2-3-8-17(16)22;2-1-3/h2-8,11,18,24H,9-10,12-13H2,1H3,(H,26,27);1H,(H,2,3)/t18-,21+;/m0./s1. The molecule has 0 spiro atoms. The molecule has 3 N–H and O–H groups in total. The molecule has 8 nitrogen and oxygen atoms in total. The number of carboxylic acids is 1. The summed E-state index contributed by atoms with van der Waals surface area (Å²) >= 11 is 0. The van der Waals surface area contributed by atoms with Crippen LogP contribution >= 0.6 is 0 Å². The van der Waals surface area contributed by atoms with Gasteiger partial charge in [0.2, 0.25) is 0 Å². The molecular formula is C22H24FNO7. The van der Waals surface area contributed by atoms with Crippen LogP contribution in [0.15, 0.2) is 48.5 Å². The van der Waals surface area contributed by atoms with Crippen LogP contribution in [0.5, 0.6) is 5.75 Å². The molecule has 3 rings (SSSR count). The number of ether oxygens (including phenoxy) is 1. The molecule has 0 aliphatic carbocycles. The minimum atomic E-state index is -1.59. The molecule has 1 amide bonds. The highest BCUT2D eigenvalue weighted by Gasteiger charge is 2.50. The summed E-state index contributed by atoms with van der Waals surface area (Å²) < 4.78 is 19.2. The van der Waals surface area contributed by atoms with Gasteiger partial charge in [0, 0.05) is 13.1 Å². The molecule has 1 fully saturated rings. The second kappa shape index (κ2) is 10.5. The van der Waals surface area contributed by atoms with E-state index < -0.39 is 29.2 Å². The zero-order valence-corrected chi connectivity index (χ0v) is 16.9. The van der Waals surface area contributed by atoms with Gasteiger partial charge in [-0.3, -0.25) is 14.4 Å². The highest BCUT2D eigenvalue weighted by Crippen LogP contribution is 2.36. The second-order valence-corrected chi connectivity index (χ2v) is 7.11. The van der Waals surface area contributed by atoms with Gasteiger partial charge in [0.25, 0.3) is 12.4 Å². The third-order valence-electron chi connectivity index (χ3n) is 5.25. The van der Waals surface area contributed by atoms with E-state index in [-0.39, 0.29) is 38.0 Å². The Kier molecular flexibility index (Phi) is 8.09. The van der Waals surface area contributed by atoms with Gasteiger partial charge < -0.3 is 25.0 Å². The third kappa shape index (κ3) is 5.37. The van der Waals surface area contributed by atoms with Crippen molar-refractivity contribution in [3.63, 3.8) is 0 Å². The van der Waals surface area contributed by atoms with Gasteiger partial charge in [-0.15, -0.1) is 0 Å². The quantitative estimate of drug-likeness (QED) is 0.617. The Bertz CT molecular complexity index is 936. The third-order valence-corrected chi connectivity index (χ3v) is 5.25. The van der Waals surface area contributed by atoms with Gasteiger partial charge in [0.1, 0.15) is 17.0 Å². The van der Waals surface area contributed by atoms with E-state index in [1.54, 1.807) is 30.3 Å². The van der Waals surface area contributed by atoms with Gasteiger partial charge in [-0.2, -0.15) is 0 Å². The molecule has 31 heavy (non-hydrogen) atoms. The number of aliphatic carboxylic acids is 1. The summed E-state index contributed by atoms with van der Waals surface area (Å²) in [6, 6.07) is 12.5. The smallest absolute Gasteiger partial charge is 0.314 e. The molecule has 0 radical (unpaired) electrons. The van der Waals surface area contributed by atoms with Crippen molar-refractivity contribution in [2.75, 3.05) is 20.2 Å². The van der Waals surface area contributed by atoms with E-state index in [1.807, 2.05) is 0 Å².